The van der Waals surface area contributed by atoms with Gasteiger partial charge in [0.25, 0.3) is 0 Å². The first-order chi connectivity index (χ1) is 10.8. The van der Waals surface area contributed by atoms with Gasteiger partial charge in [0, 0.05) is 0 Å². The van der Waals surface area contributed by atoms with Gasteiger partial charge in [-0.25, -0.2) is 0 Å². The minimum absolute atomic E-state index is 0.648. The summed E-state index contributed by atoms with van der Waals surface area (Å²) >= 11 is 0. The molecule has 0 aliphatic carbocycles. The van der Waals surface area contributed by atoms with E-state index in [1.165, 1.54) is 18.4 Å². The van der Waals surface area contributed by atoms with Crippen LogP contribution in [0.25, 0.3) is 0 Å². The van der Waals surface area contributed by atoms with Gasteiger partial charge in [0.1, 0.15) is 11.5 Å². The van der Waals surface area contributed by atoms with E-state index in [0.29, 0.717) is 5.56 Å². The van der Waals surface area contributed by atoms with Gasteiger partial charge in [-0.1, -0.05) is 18.2 Å². The van der Waals surface area contributed by atoms with E-state index >= 15 is 0 Å². The lowest BCUT2D eigenvalue weighted by molar-refractivity contribution is 0.367. The van der Waals surface area contributed by atoms with Crippen LogP contribution < -0.4 is 10.1 Å². The van der Waals surface area contributed by atoms with Gasteiger partial charge in [0.2, 0.25) is 0 Å². The molecule has 1 saturated heterocycles. The van der Waals surface area contributed by atoms with Crippen LogP contribution in [0.4, 0.5) is 0 Å². The van der Waals surface area contributed by atoms with Crippen molar-refractivity contribution in [2.24, 2.45) is 5.92 Å². The second kappa shape index (κ2) is 7.11. The summed E-state index contributed by atoms with van der Waals surface area (Å²) in [4.78, 5) is 0. The van der Waals surface area contributed by atoms with Crippen LogP contribution in [0, 0.1) is 17.2 Å². The third-order valence-corrected chi connectivity index (χ3v) is 4.15. The van der Waals surface area contributed by atoms with Gasteiger partial charge in [0.05, 0.1) is 11.6 Å². The number of ether oxygens (including phenoxy) is 1. The van der Waals surface area contributed by atoms with E-state index in [1.54, 1.807) is 12.1 Å². The number of hydrogen-bond acceptors (Lipinski definition) is 3. The maximum Gasteiger partial charge on any atom is 0.130 e. The van der Waals surface area contributed by atoms with E-state index in [2.05, 4.69) is 23.5 Å². The van der Waals surface area contributed by atoms with Crippen molar-refractivity contribution in [1.82, 2.24) is 5.32 Å². The van der Waals surface area contributed by atoms with Gasteiger partial charge in [-0.05, 0) is 74.2 Å². The van der Waals surface area contributed by atoms with E-state index < -0.39 is 0 Å². The number of nitrogens with one attached hydrogen (secondary N) is 1. The molecule has 112 valence electrons. The standard InChI is InChI=1S/C19H20N2O/c20-14-16-5-7-18(8-6-16)22-19-4-2-1-3-17(19)13-15-9-11-21-12-10-15/h1-8,15,21H,9-13H2. The van der Waals surface area contributed by atoms with E-state index in [9.17, 15) is 0 Å². The highest BCUT2D eigenvalue weighted by atomic mass is 16.5. The number of para-hydroxylation sites is 1. The summed E-state index contributed by atoms with van der Waals surface area (Å²) in [6.07, 6.45) is 3.52. The molecule has 2 aromatic carbocycles. The van der Waals surface area contributed by atoms with E-state index in [4.69, 9.17) is 10.00 Å². The molecule has 22 heavy (non-hydrogen) atoms. The number of nitriles is 1. The number of benzene rings is 2. The van der Waals surface area contributed by atoms with Crippen LogP contribution in [0.15, 0.2) is 48.5 Å². The Morgan fingerprint density at radius 1 is 1.05 bits per heavy atom. The summed E-state index contributed by atoms with van der Waals surface area (Å²) in [6.45, 7) is 2.23. The lowest BCUT2D eigenvalue weighted by Crippen LogP contribution is -2.28. The molecule has 0 atom stereocenters. The average Bonchev–Trinajstić information content (AvgIpc) is 2.58. The van der Waals surface area contributed by atoms with Gasteiger partial charge < -0.3 is 10.1 Å². The maximum absolute atomic E-state index is 8.85. The smallest absolute Gasteiger partial charge is 0.130 e. The van der Waals surface area contributed by atoms with Crippen molar-refractivity contribution in [3.05, 3.63) is 59.7 Å². The second-order valence-electron chi connectivity index (χ2n) is 5.74. The Balaban J connectivity index is 1.73. The molecule has 2 aromatic rings. The Labute approximate surface area is 131 Å². The molecule has 0 bridgehead atoms. The molecular weight excluding hydrogens is 272 g/mol. The predicted molar refractivity (Wildman–Crippen MR) is 87.0 cm³/mol. The molecule has 0 saturated carbocycles. The monoisotopic (exact) mass is 292 g/mol. The number of nitrogens with zero attached hydrogens (tertiary/aromatic N) is 1. The summed E-state index contributed by atoms with van der Waals surface area (Å²) in [5.41, 5.74) is 1.91. The van der Waals surface area contributed by atoms with Crippen LogP contribution in [0.1, 0.15) is 24.0 Å². The SMILES string of the molecule is N#Cc1ccc(Oc2ccccc2CC2CCNCC2)cc1. The largest absolute Gasteiger partial charge is 0.457 e. The molecule has 1 aliphatic heterocycles. The van der Waals surface area contributed by atoms with E-state index in [-0.39, 0.29) is 0 Å². The Hall–Kier alpha value is -2.31. The minimum atomic E-state index is 0.648. The molecule has 1 heterocycles. The molecule has 3 rings (SSSR count). The van der Waals surface area contributed by atoms with Crippen LogP contribution in [-0.4, -0.2) is 13.1 Å². The second-order valence-corrected chi connectivity index (χ2v) is 5.74. The van der Waals surface area contributed by atoms with Crippen LogP contribution in [0.3, 0.4) is 0 Å². The number of hydrogen-bond donors (Lipinski definition) is 1. The third kappa shape index (κ3) is 3.66. The molecule has 3 heteroatoms. The van der Waals surface area contributed by atoms with Gasteiger partial charge >= 0.3 is 0 Å². The highest BCUT2D eigenvalue weighted by Gasteiger charge is 2.15. The topological polar surface area (TPSA) is 45.0 Å². The molecule has 0 aromatic heterocycles. The molecule has 0 radical (unpaired) electrons. The average molecular weight is 292 g/mol. The lowest BCUT2D eigenvalue weighted by atomic mass is 9.90. The van der Waals surface area contributed by atoms with Crippen molar-refractivity contribution in [3.63, 3.8) is 0 Å². The molecule has 0 spiro atoms. The van der Waals surface area contributed by atoms with Crippen LogP contribution in [0.2, 0.25) is 0 Å². The van der Waals surface area contributed by atoms with Gasteiger partial charge in [-0.3, -0.25) is 0 Å². The first-order valence-corrected chi connectivity index (χ1v) is 7.82. The fourth-order valence-electron chi connectivity index (χ4n) is 2.89. The zero-order valence-corrected chi connectivity index (χ0v) is 12.6. The van der Waals surface area contributed by atoms with Crippen LogP contribution in [-0.2, 0) is 6.42 Å². The number of rotatable bonds is 4. The molecular formula is C19H20N2O. The van der Waals surface area contributed by atoms with E-state index in [0.717, 1.165) is 36.9 Å². The number of piperidine rings is 1. The van der Waals surface area contributed by atoms with Crippen molar-refractivity contribution < 1.29 is 4.74 Å². The lowest BCUT2D eigenvalue weighted by Gasteiger charge is -2.23. The predicted octanol–water partition coefficient (Wildman–Crippen LogP) is 3.89. The zero-order valence-electron chi connectivity index (χ0n) is 12.6. The molecule has 0 unspecified atom stereocenters. The van der Waals surface area contributed by atoms with Gasteiger partial charge in [-0.15, -0.1) is 0 Å². The highest BCUT2D eigenvalue weighted by Crippen LogP contribution is 2.29. The van der Waals surface area contributed by atoms with E-state index in [1.807, 2.05) is 24.3 Å². The zero-order chi connectivity index (χ0) is 15.2. The van der Waals surface area contributed by atoms with Gasteiger partial charge in [0.15, 0.2) is 0 Å². The summed E-state index contributed by atoms with van der Waals surface area (Å²) in [6, 6.07) is 17.6. The Morgan fingerprint density at radius 3 is 2.50 bits per heavy atom. The molecule has 1 fully saturated rings. The van der Waals surface area contributed by atoms with Crippen LogP contribution >= 0.6 is 0 Å². The highest BCUT2D eigenvalue weighted by molar-refractivity contribution is 5.40. The summed E-state index contributed by atoms with van der Waals surface area (Å²) in [7, 11) is 0. The first-order valence-electron chi connectivity index (χ1n) is 7.82. The summed E-state index contributed by atoms with van der Waals surface area (Å²) in [5, 5.41) is 12.3. The van der Waals surface area contributed by atoms with Crippen molar-refractivity contribution in [1.29, 1.82) is 5.26 Å². The summed E-state index contributed by atoms with van der Waals surface area (Å²) < 4.78 is 6.03. The fraction of sp³-hybridized carbons (Fsp3) is 0.316. The Kier molecular flexibility index (Phi) is 4.72. The molecule has 1 aliphatic rings. The minimum Gasteiger partial charge on any atom is -0.457 e. The first kappa shape index (κ1) is 14.6. The molecule has 3 nitrogen and oxygen atoms in total. The van der Waals surface area contributed by atoms with Crippen molar-refractivity contribution in [2.75, 3.05) is 13.1 Å². The third-order valence-electron chi connectivity index (χ3n) is 4.15. The summed E-state index contributed by atoms with van der Waals surface area (Å²) in [5.74, 6) is 2.43. The fourth-order valence-corrected chi connectivity index (χ4v) is 2.89. The van der Waals surface area contributed by atoms with Gasteiger partial charge in [-0.2, -0.15) is 5.26 Å². The van der Waals surface area contributed by atoms with Crippen LogP contribution in [0.5, 0.6) is 11.5 Å². The van der Waals surface area contributed by atoms with Crippen molar-refractivity contribution >= 4 is 0 Å². The Morgan fingerprint density at radius 2 is 1.77 bits per heavy atom. The van der Waals surface area contributed by atoms with Crippen molar-refractivity contribution in [3.8, 4) is 17.6 Å². The molecule has 1 N–H and O–H groups in total. The quantitative estimate of drug-likeness (QED) is 0.929. The molecule has 0 amide bonds. The maximum atomic E-state index is 8.85. The normalized spacial score (nSPS) is 15.2. The Bertz CT molecular complexity index is 652. The van der Waals surface area contributed by atoms with Crippen molar-refractivity contribution in [2.45, 2.75) is 19.3 Å².